The summed E-state index contributed by atoms with van der Waals surface area (Å²) in [5.74, 6) is 0.802. The van der Waals surface area contributed by atoms with Gasteiger partial charge in [-0.3, -0.25) is 10.0 Å². The molecular formula is C18H19N5O3. The van der Waals surface area contributed by atoms with E-state index in [0.29, 0.717) is 5.95 Å². The summed E-state index contributed by atoms with van der Waals surface area (Å²) >= 11 is 0. The number of carbonyl (C=O) groups excluding carboxylic acids is 1. The Labute approximate surface area is 149 Å². The molecule has 26 heavy (non-hydrogen) atoms. The fourth-order valence-corrected chi connectivity index (χ4v) is 3.38. The van der Waals surface area contributed by atoms with E-state index in [2.05, 4.69) is 32.0 Å². The van der Waals surface area contributed by atoms with E-state index in [1.54, 1.807) is 12.6 Å². The van der Waals surface area contributed by atoms with Gasteiger partial charge in [-0.1, -0.05) is 0 Å². The monoisotopic (exact) mass is 353 g/mol. The smallest absolute Gasteiger partial charge is 0.277 e. The Bertz CT molecular complexity index is 951. The van der Waals surface area contributed by atoms with Crippen molar-refractivity contribution < 1.29 is 14.7 Å². The number of amides is 1. The van der Waals surface area contributed by atoms with E-state index in [-0.39, 0.29) is 5.56 Å². The predicted molar refractivity (Wildman–Crippen MR) is 95.8 cm³/mol. The maximum atomic E-state index is 11.4. The van der Waals surface area contributed by atoms with E-state index in [4.69, 9.17) is 9.94 Å². The normalized spacial score (nSPS) is 14.0. The molecule has 1 aliphatic rings. The molecule has 134 valence electrons. The molecule has 0 radical (unpaired) electrons. The average molecular weight is 353 g/mol. The summed E-state index contributed by atoms with van der Waals surface area (Å²) in [5.41, 5.74) is 5.45. The molecule has 0 spiro atoms. The van der Waals surface area contributed by atoms with Crippen LogP contribution in [-0.4, -0.2) is 46.3 Å². The number of benzene rings is 1. The van der Waals surface area contributed by atoms with Crippen molar-refractivity contribution in [1.29, 1.82) is 0 Å². The first-order valence-corrected chi connectivity index (χ1v) is 8.38. The molecule has 1 aromatic carbocycles. The van der Waals surface area contributed by atoms with Crippen molar-refractivity contribution in [3.63, 3.8) is 0 Å². The molecule has 0 atom stereocenters. The molecule has 2 aromatic heterocycles. The fourth-order valence-electron chi connectivity index (χ4n) is 3.38. The van der Waals surface area contributed by atoms with Gasteiger partial charge in [0.25, 0.3) is 5.91 Å². The zero-order valence-corrected chi connectivity index (χ0v) is 14.3. The van der Waals surface area contributed by atoms with Gasteiger partial charge < -0.3 is 14.6 Å². The van der Waals surface area contributed by atoms with Gasteiger partial charge in [-0.2, -0.15) is 0 Å². The largest absolute Gasteiger partial charge is 0.497 e. The lowest BCUT2D eigenvalue weighted by molar-refractivity contribution is 0.0705. The Morgan fingerprint density at radius 3 is 2.77 bits per heavy atom. The molecule has 0 fully saturated rings. The minimum Gasteiger partial charge on any atom is -0.497 e. The maximum Gasteiger partial charge on any atom is 0.277 e. The second kappa shape index (κ2) is 6.64. The van der Waals surface area contributed by atoms with Gasteiger partial charge in [-0.15, -0.1) is 0 Å². The van der Waals surface area contributed by atoms with Crippen molar-refractivity contribution in [3.8, 4) is 5.75 Å². The molecule has 3 N–H and O–H groups in total. The zero-order chi connectivity index (χ0) is 18.1. The molecule has 0 bridgehead atoms. The summed E-state index contributed by atoms with van der Waals surface area (Å²) in [6, 6.07) is 6.08. The summed E-state index contributed by atoms with van der Waals surface area (Å²) in [7, 11) is 1.67. The van der Waals surface area contributed by atoms with Crippen molar-refractivity contribution in [2.24, 2.45) is 0 Å². The highest BCUT2D eigenvalue weighted by atomic mass is 16.5. The molecule has 0 unspecified atom stereocenters. The van der Waals surface area contributed by atoms with Crippen molar-refractivity contribution in [3.05, 3.63) is 47.4 Å². The lowest BCUT2D eigenvalue weighted by atomic mass is 10.1. The molecule has 0 saturated carbocycles. The molecule has 8 heteroatoms. The molecular weight excluding hydrogens is 334 g/mol. The van der Waals surface area contributed by atoms with Gasteiger partial charge >= 0.3 is 0 Å². The third kappa shape index (κ3) is 2.84. The highest BCUT2D eigenvalue weighted by Crippen LogP contribution is 2.29. The highest BCUT2D eigenvalue weighted by molar-refractivity contribution is 5.92. The van der Waals surface area contributed by atoms with Gasteiger partial charge in [-0.05, 0) is 30.2 Å². The standard InChI is InChI=1S/C18H19N5O3/c1-26-12-2-3-15-14(8-12)13-4-6-23(7-5-16(13)21-15)18-19-9-11(10-20-18)17(24)22-25/h2-3,8-10,21,25H,4-7H2,1H3,(H,22,24). The summed E-state index contributed by atoms with van der Waals surface area (Å²) in [6.07, 6.45) is 4.55. The summed E-state index contributed by atoms with van der Waals surface area (Å²) in [4.78, 5) is 25.5. The first-order valence-electron chi connectivity index (χ1n) is 8.38. The number of hydroxylamine groups is 1. The molecule has 3 heterocycles. The van der Waals surface area contributed by atoms with Crippen LogP contribution in [0.1, 0.15) is 21.6 Å². The Morgan fingerprint density at radius 1 is 1.27 bits per heavy atom. The molecule has 0 saturated heterocycles. The molecule has 1 amide bonds. The summed E-state index contributed by atoms with van der Waals surface area (Å²) in [6.45, 7) is 1.56. The topological polar surface area (TPSA) is 103 Å². The maximum absolute atomic E-state index is 11.4. The van der Waals surface area contributed by atoms with Crippen LogP contribution in [0.3, 0.4) is 0 Å². The van der Waals surface area contributed by atoms with Crippen LogP contribution < -0.4 is 15.1 Å². The fraction of sp³-hybridized carbons (Fsp3) is 0.278. The number of rotatable bonds is 3. The Morgan fingerprint density at radius 2 is 2.04 bits per heavy atom. The summed E-state index contributed by atoms with van der Waals surface area (Å²) < 4.78 is 5.35. The third-order valence-electron chi connectivity index (χ3n) is 4.75. The highest BCUT2D eigenvalue weighted by Gasteiger charge is 2.20. The number of fused-ring (bicyclic) bond motifs is 3. The molecule has 8 nitrogen and oxygen atoms in total. The Kier molecular flexibility index (Phi) is 4.18. The minimum atomic E-state index is -0.622. The van der Waals surface area contributed by atoms with Gasteiger partial charge in [-0.25, -0.2) is 15.4 Å². The van der Waals surface area contributed by atoms with Gasteiger partial charge in [0.05, 0.1) is 12.7 Å². The predicted octanol–water partition coefficient (Wildman–Crippen LogP) is 1.69. The number of carbonyl (C=O) groups is 1. The van der Waals surface area contributed by atoms with Gasteiger partial charge in [0.2, 0.25) is 5.95 Å². The van der Waals surface area contributed by atoms with Gasteiger partial charge in [0, 0.05) is 48.5 Å². The number of nitrogens with one attached hydrogen (secondary N) is 2. The van der Waals surface area contributed by atoms with Crippen LogP contribution in [0.5, 0.6) is 5.75 Å². The number of H-pyrrole nitrogens is 1. The number of anilines is 1. The number of hydrogen-bond acceptors (Lipinski definition) is 6. The van der Waals surface area contributed by atoms with E-state index in [1.807, 2.05) is 6.07 Å². The van der Waals surface area contributed by atoms with Crippen LogP contribution in [0.4, 0.5) is 5.95 Å². The molecule has 3 aromatic rings. The van der Waals surface area contributed by atoms with Crippen LogP contribution in [0.2, 0.25) is 0 Å². The van der Waals surface area contributed by atoms with Crippen LogP contribution in [0.15, 0.2) is 30.6 Å². The minimum absolute atomic E-state index is 0.217. The molecule has 4 rings (SSSR count). The second-order valence-corrected chi connectivity index (χ2v) is 6.19. The van der Waals surface area contributed by atoms with Crippen LogP contribution in [-0.2, 0) is 12.8 Å². The average Bonchev–Trinajstić information content (AvgIpc) is 2.90. The van der Waals surface area contributed by atoms with Crippen LogP contribution in [0.25, 0.3) is 10.9 Å². The Balaban J connectivity index is 1.57. The summed E-state index contributed by atoms with van der Waals surface area (Å²) in [5, 5.41) is 9.86. The zero-order valence-electron chi connectivity index (χ0n) is 14.3. The lowest BCUT2D eigenvalue weighted by Gasteiger charge is -2.20. The van der Waals surface area contributed by atoms with E-state index in [1.165, 1.54) is 29.0 Å². The number of aromatic amines is 1. The SMILES string of the molecule is COc1ccc2[nH]c3c(c2c1)CCN(c1ncc(C(=O)NO)cn1)CC3. The first kappa shape index (κ1) is 16.3. The third-order valence-corrected chi connectivity index (χ3v) is 4.75. The van der Waals surface area contributed by atoms with Crippen molar-refractivity contribution in [1.82, 2.24) is 20.4 Å². The van der Waals surface area contributed by atoms with Crippen molar-refractivity contribution in [2.45, 2.75) is 12.8 Å². The number of methoxy groups -OCH3 is 1. The van der Waals surface area contributed by atoms with Crippen LogP contribution >= 0.6 is 0 Å². The molecule has 1 aliphatic heterocycles. The lowest BCUT2D eigenvalue weighted by Crippen LogP contribution is -2.28. The number of hydrogen-bond donors (Lipinski definition) is 3. The quantitative estimate of drug-likeness (QED) is 0.489. The second-order valence-electron chi connectivity index (χ2n) is 6.19. The van der Waals surface area contributed by atoms with E-state index in [9.17, 15) is 4.79 Å². The molecule has 0 aliphatic carbocycles. The van der Waals surface area contributed by atoms with Gasteiger partial charge in [0.1, 0.15) is 5.75 Å². The number of ether oxygens (including phenoxy) is 1. The van der Waals surface area contributed by atoms with Crippen LogP contribution in [0, 0.1) is 0 Å². The van der Waals surface area contributed by atoms with E-state index in [0.717, 1.165) is 37.2 Å². The van der Waals surface area contributed by atoms with E-state index >= 15 is 0 Å². The van der Waals surface area contributed by atoms with Crippen molar-refractivity contribution >= 4 is 22.8 Å². The Hall–Kier alpha value is -3.13. The van der Waals surface area contributed by atoms with Crippen molar-refractivity contribution in [2.75, 3.05) is 25.1 Å². The van der Waals surface area contributed by atoms with E-state index < -0.39 is 5.91 Å². The number of nitrogens with zero attached hydrogens (tertiary/aromatic N) is 3. The number of aromatic nitrogens is 3. The first-order chi connectivity index (χ1) is 12.7. The van der Waals surface area contributed by atoms with Gasteiger partial charge in [0.15, 0.2) is 0 Å².